The molecule has 18 heavy (non-hydrogen) atoms. The molecule has 0 unspecified atom stereocenters. The van der Waals surface area contributed by atoms with Crippen molar-refractivity contribution in [3.05, 3.63) is 34.7 Å². The summed E-state index contributed by atoms with van der Waals surface area (Å²) < 4.78 is 26.2. The maximum Gasteiger partial charge on any atom is 0.264 e. The highest BCUT2D eigenvalue weighted by Gasteiger charge is 2.17. The molecule has 8 nitrogen and oxygen atoms in total. The van der Waals surface area contributed by atoms with Gasteiger partial charge in [-0.25, -0.2) is 13.1 Å². The number of sulfonamides is 1. The minimum absolute atomic E-state index is 0.0794. The van der Waals surface area contributed by atoms with Crippen molar-refractivity contribution in [1.29, 1.82) is 0 Å². The van der Waals surface area contributed by atoms with E-state index in [0.29, 0.717) is 18.8 Å². The highest BCUT2D eigenvalue weighted by Crippen LogP contribution is 2.16. The first-order chi connectivity index (χ1) is 8.62. The Morgan fingerprint density at radius 3 is 2.67 bits per heavy atom. The number of aliphatic imine (C=N–C) groups is 1. The van der Waals surface area contributed by atoms with E-state index in [2.05, 4.69) is 25.1 Å². The van der Waals surface area contributed by atoms with Gasteiger partial charge in [0.15, 0.2) is 0 Å². The summed E-state index contributed by atoms with van der Waals surface area (Å²) in [6, 6.07) is 5.58. The summed E-state index contributed by atoms with van der Waals surface area (Å²) in [5, 5.41) is 6.17. The molecule has 9 heteroatoms. The molecule has 0 saturated heterocycles. The van der Waals surface area contributed by atoms with Crippen LogP contribution in [0.25, 0.3) is 10.4 Å². The maximum absolute atomic E-state index is 11.9. The first-order valence-corrected chi connectivity index (χ1v) is 6.56. The number of benzene rings is 1. The Bertz CT molecular complexity index is 615. The summed E-state index contributed by atoms with van der Waals surface area (Å²) in [7, 11) is -3.65. The number of nitrogens with zero attached hydrogens (tertiary/aromatic N) is 4. The molecular weight excluding hydrogens is 256 g/mol. The lowest BCUT2D eigenvalue weighted by atomic mass is 10.3. The molecule has 1 aromatic rings. The largest absolute Gasteiger partial charge is 0.354 e. The highest BCUT2D eigenvalue weighted by molar-refractivity contribution is 7.90. The quantitative estimate of drug-likeness (QED) is 0.479. The van der Waals surface area contributed by atoms with Crippen LogP contribution in [-0.4, -0.2) is 27.5 Å². The standard InChI is InChI=1S/C9H10N6O2S/c10-15-13-7-1-3-8(4-2-7)18(16,17)14-9-11-5-6-12-9/h1-4H,5-6H2,(H2,11,12,14). The zero-order valence-electron chi connectivity index (χ0n) is 9.24. The SMILES string of the molecule is [N-]=[N+]=Nc1ccc(S(=O)(=O)NC2=NCCN2)cc1. The van der Waals surface area contributed by atoms with Crippen molar-refractivity contribution in [1.82, 2.24) is 10.0 Å². The Morgan fingerprint density at radius 1 is 1.39 bits per heavy atom. The maximum atomic E-state index is 11.9. The van der Waals surface area contributed by atoms with E-state index >= 15 is 0 Å². The molecule has 2 N–H and O–H groups in total. The number of guanidine groups is 1. The fourth-order valence-electron chi connectivity index (χ4n) is 1.40. The molecule has 94 valence electrons. The molecule has 1 heterocycles. The van der Waals surface area contributed by atoms with E-state index in [1.54, 1.807) is 0 Å². The Balaban J connectivity index is 2.21. The lowest BCUT2D eigenvalue weighted by molar-refractivity contribution is 0.592. The summed E-state index contributed by atoms with van der Waals surface area (Å²) >= 11 is 0. The van der Waals surface area contributed by atoms with E-state index in [-0.39, 0.29) is 10.9 Å². The summed E-state index contributed by atoms with van der Waals surface area (Å²) in [6.45, 7) is 1.17. The van der Waals surface area contributed by atoms with Crippen molar-refractivity contribution in [3.63, 3.8) is 0 Å². The van der Waals surface area contributed by atoms with Gasteiger partial charge in [-0.05, 0) is 17.7 Å². The van der Waals surface area contributed by atoms with Gasteiger partial charge in [0.25, 0.3) is 10.0 Å². The average molecular weight is 266 g/mol. The van der Waals surface area contributed by atoms with Crippen LogP contribution in [0.4, 0.5) is 5.69 Å². The van der Waals surface area contributed by atoms with E-state index in [9.17, 15) is 8.42 Å². The van der Waals surface area contributed by atoms with Crippen molar-refractivity contribution in [2.45, 2.75) is 4.90 Å². The van der Waals surface area contributed by atoms with E-state index in [1.165, 1.54) is 24.3 Å². The third-order valence-corrected chi connectivity index (χ3v) is 3.57. The van der Waals surface area contributed by atoms with Gasteiger partial charge in [-0.3, -0.25) is 4.99 Å². The molecular formula is C9H10N6O2S. The predicted octanol–water partition coefficient (Wildman–Crippen LogP) is 0.866. The first-order valence-electron chi connectivity index (χ1n) is 5.08. The van der Waals surface area contributed by atoms with Crippen LogP contribution in [0.5, 0.6) is 0 Å². The van der Waals surface area contributed by atoms with Crippen molar-refractivity contribution < 1.29 is 8.42 Å². The van der Waals surface area contributed by atoms with Crippen molar-refractivity contribution in [3.8, 4) is 0 Å². The summed E-state index contributed by atoms with van der Waals surface area (Å²) in [5.41, 5.74) is 8.60. The molecule has 2 rings (SSSR count). The van der Waals surface area contributed by atoms with Gasteiger partial charge >= 0.3 is 0 Å². The number of hydrogen-bond acceptors (Lipinski definition) is 5. The summed E-state index contributed by atoms with van der Waals surface area (Å²) in [4.78, 5) is 6.63. The Hall–Kier alpha value is -2.25. The van der Waals surface area contributed by atoms with Gasteiger partial charge in [0.05, 0.1) is 11.4 Å². The van der Waals surface area contributed by atoms with Crippen LogP contribution in [0.2, 0.25) is 0 Å². The zero-order chi connectivity index (χ0) is 13.0. The molecule has 0 atom stereocenters. The topological polar surface area (TPSA) is 119 Å². The van der Waals surface area contributed by atoms with Gasteiger partial charge in [-0.15, -0.1) is 0 Å². The molecule has 0 fully saturated rings. The second-order valence-corrected chi connectivity index (χ2v) is 5.13. The van der Waals surface area contributed by atoms with Gasteiger partial charge < -0.3 is 5.32 Å². The lowest BCUT2D eigenvalue weighted by Gasteiger charge is -2.07. The molecule has 0 saturated carbocycles. The molecule has 0 amide bonds. The third kappa shape index (κ3) is 2.70. The number of nitrogens with one attached hydrogen (secondary N) is 2. The van der Waals surface area contributed by atoms with Crippen LogP contribution < -0.4 is 10.0 Å². The second-order valence-electron chi connectivity index (χ2n) is 3.45. The summed E-state index contributed by atoms with van der Waals surface area (Å²) in [6.07, 6.45) is 0. The second kappa shape index (κ2) is 4.94. The van der Waals surface area contributed by atoms with E-state index in [1.807, 2.05) is 0 Å². The van der Waals surface area contributed by atoms with Crippen molar-refractivity contribution in [2.24, 2.45) is 10.1 Å². The molecule has 0 radical (unpaired) electrons. The fraction of sp³-hybridized carbons (Fsp3) is 0.222. The Labute approximate surface area is 103 Å². The third-order valence-electron chi connectivity index (χ3n) is 2.21. The first kappa shape index (κ1) is 12.2. The van der Waals surface area contributed by atoms with Crippen LogP contribution in [-0.2, 0) is 10.0 Å². The number of azide groups is 1. The number of rotatable bonds is 3. The minimum Gasteiger partial charge on any atom is -0.354 e. The van der Waals surface area contributed by atoms with Crippen molar-refractivity contribution >= 4 is 21.7 Å². The molecule has 1 aliphatic rings. The molecule has 0 bridgehead atoms. The zero-order valence-corrected chi connectivity index (χ0v) is 10.1. The van der Waals surface area contributed by atoms with Gasteiger partial charge in [-0.1, -0.05) is 17.2 Å². The van der Waals surface area contributed by atoms with Crippen LogP contribution in [0.1, 0.15) is 0 Å². The normalized spacial score (nSPS) is 14.3. The van der Waals surface area contributed by atoms with E-state index in [0.717, 1.165) is 0 Å². The van der Waals surface area contributed by atoms with Gasteiger partial charge in [0, 0.05) is 17.1 Å². The van der Waals surface area contributed by atoms with E-state index < -0.39 is 10.0 Å². The van der Waals surface area contributed by atoms with E-state index in [4.69, 9.17) is 5.53 Å². The Morgan fingerprint density at radius 2 is 2.11 bits per heavy atom. The minimum atomic E-state index is -3.65. The highest BCUT2D eigenvalue weighted by atomic mass is 32.2. The molecule has 0 spiro atoms. The monoisotopic (exact) mass is 266 g/mol. The molecule has 0 aliphatic carbocycles. The smallest absolute Gasteiger partial charge is 0.264 e. The fourth-order valence-corrected chi connectivity index (χ4v) is 2.40. The van der Waals surface area contributed by atoms with Gasteiger partial charge in [0.1, 0.15) is 0 Å². The van der Waals surface area contributed by atoms with Crippen LogP contribution in [0.3, 0.4) is 0 Å². The lowest BCUT2D eigenvalue weighted by Crippen LogP contribution is -2.38. The molecule has 1 aliphatic heterocycles. The number of hydrogen-bond donors (Lipinski definition) is 2. The average Bonchev–Trinajstić information content (AvgIpc) is 2.82. The van der Waals surface area contributed by atoms with Gasteiger partial charge in [-0.2, -0.15) is 0 Å². The van der Waals surface area contributed by atoms with Crippen molar-refractivity contribution in [2.75, 3.05) is 13.1 Å². The summed E-state index contributed by atoms with van der Waals surface area (Å²) in [5.74, 6) is 0.245. The Kier molecular flexibility index (Phi) is 3.35. The predicted molar refractivity (Wildman–Crippen MR) is 65.9 cm³/mol. The van der Waals surface area contributed by atoms with Crippen LogP contribution in [0.15, 0.2) is 39.3 Å². The van der Waals surface area contributed by atoms with Crippen LogP contribution >= 0.6 is 0 Å². The molecule has 0 aromatic heterocycles. The molecule has 1 aromatic carbocycles. The van der Waals surface area contributed by atoms with Crippen LogP contribution in [0, 0.1) is 0 Å². The van der Waals surface area contributed by atoms with Gasteiger partial charge in [0.2, 0.25) is 5.96 Å².